The molecule has 0 saturated heterocycles. The van der Waals surface area contributed by atoms with Gasteiger partial charge in [-0.3, -0.25) is 5.41 Å². The largest absolute Gasteiger partial charge is 0.319 e. The standard InChI is InChI=1S/C9H13N5/c1-6(2)14-5-11-7-8(10)13(3)4-12-9(7)14/h4-6,10H,1-3H3. The molecule has 0 unspecified atom stereocenters. The molecule has 2 aromatic rings. The third-order valence-corrected chi connectivity index (χ3v) is 2.25. The van der Waals surface area contributed by atoms with Crippen molar-refractivity contribution in [2.24, 2.45) is 7.05 Å². The summed E-state index contributed by atoms with van der Waals surface area (Å²) in [6.45, 7) is 4.14. The van der Waals surface area contributed by atoms with Crippen molar-refractivity contribution < 1.29 is 0 Å². The maximum Gasteiger partial charge on any atom is 0.165 e. The third kappa shape index (κ3) is 1.13. The van der Waals surface area contributed by atoms with Gasteiger partial charge in [0.2, 0.25) is 0 Å². The minimum absolute atomic E-state index is 0.319. The molecule has 5 nitrogen and oxygen atoms in total. The lowest BCUT2D eigenvalue weighted by Gasteiger charge is -2.06. The van der Waals surface area contributed by atoms with E-state index in [0.717, 1.165) is 5.65 Å². The molecule has 5 heteroatoms. The quantitative estimate of drug-likeness (QED) is 0.725. The van der Waals surface area contributed by atoms with E-state index in [1.807, 2.05) is 4.57 Å². The molecule has 2 heterocycles. The van der Waals surface area contributed by atoms with E-state index in [1.54, 1.807) is 24.3 Å². The van der Waals surface area contributed by atoms with Gasteiger partial charge in [0.1, 0.15) is 5.52 Å². The van der Waals surface area contributed by atoms with Crippen LogP contribution in [0.25, 0.3) is 11.2 Å². The van der Waals surface area contributed by atoms with Gasteiger partial charge in [-0.15, -0.1) is 0 Å². The van der Waals surface area contributed by atoms with Gasteiger partial charge in [0.25, 0.3) is 0 Å². The van der Waals surface area contributed by atoms with Crippen molar-refractivity contribution >= 4 is 11.2 Å². The number of nitrogens with one attached hydrogen (secondary N) is 1. The summed E-state index contributed by atoms with van der Waals surface area (Å²) in [5, 5.41) is 7.79. The summed E-state index contributed by atoms with van der Waals surface area (Å²) >= 11 is 0. The molecule has 0 atom stereocenters. The first-order chi connectivity index (χ1) is 6.61. The average molecular weight is 191 g/mol. The summed E-state index contributed by atoms with van der Waals surface area (Å²) in [4.78, 5) is 8.46. The lowest BCUT2D eigenvalue weighted by Crippen LogP contribution is -2.17. The highest BCUT2D eigenvalue weighted by atomic mass is 15.2. The van der Waals surface area contributed by atoms with Crippen LogP contribution in [0.2, 0.25) is 0 Å². The number of nitrogens with zero attached hydrogens (tertiary/aromatic N) is 4. The molecule has 0 aliphatic heterocycles. The Morgan fingerprint density at radius 2 is 2.00 bits per heavy atom. The van der Waals surface area contributed by atoms with E-state index in [0.29, 0.717) is 17.0 Å². The minimum Gasteiger partial charge on any atom is -0.319 e. The molecule has 0 fully saturated rings. The summed E-state index contributed by atoms with van der Waals surface area (Å²) < 4.78 is 3.62. The molecule has 74 valence electrons. The monoisotopic (exact) mass is 191 g/mol. The molecule has 0 aromatic carbocycles. The van der Waals surface area contributed by atoms with Gasteiger partial charge >= 0.3 is 0 Å². The molecular formula is C9H13N5. The minimum atomic E-state index is 0.319. The van der Waals surface area contributed by atoms with Crippen molar-refractivity contribution in [2.75, 3.05) is 0 Å². The Kier molecular flexibility index (Phi) is 1.87. The predicted octanol–water partition coefficient (Wildman–Crippen LogP) is 0.830. The number of fused-ring (bicyclic) bond motifs is 1. The molecule has 2 rings (SSSR count). The summed E-state index contributed by atoms with van der Waals surface area (Å²) in [6.07, 6.45) is 3.38. The maximum absolute atomic E-state index is 7.79. The summed E-state index contributed by atoms with van der Waals surface area (Å²) in [6, 6.07) is 0.319. The Hall–Kier alpha value is -1.65. The number of hydrogen-bond donors (Lipinski definition) is 1. The fraction of sp³-hybridized carbons (Fsp3) is 0.444. The fourth-order valence-corrected chi connectivity index (χ4v) is 1.39. The first-order valence-electron chi connectivity index (χ1n) is 4.54. The topological polar surface area (TPSA) is 59.5 Å². The van der Waals surface area contributed by atoms with Crippen LogP contribution in [0.1, 0.15) is 19.9 Å². The second-order valence-electron chi connectivity index (χ2n) is 3.62. The van der Waals surface area contributed by atoms with E-state index in [-0.39, 0.29) is 0 Å². The van der Waals surface area contributed by atoms with E-state index in [4.69, 9.17) is 5.41 Å². The summed E-state index contributed by atoms with van der Waals surface area (Å²) in [5.74, 6) is 0. The van der Waals surface area contributed by atoms with Gasteiger partial charge < -0.3 is 9.13 Å². The van der Waals surface area contributed by atoms with Gasteiger partial charge in [0.15, 0.2) is 11.1 Å². The number of rotatable bonds is 1. The third-order valence-electron chi connectivity index (χ3n) is 2.25. The molecule has 0 aliphatic carbocycles. The van der Waals surface area contributed by atoms with E-state index in [9.17, 15) is 0 Å². The van der Waals surface area contributed by atoms with Crippen molar-refractivity contribution in [3.63, 3.8) is 0 Å². The normalized spacial score (nSPS) is 11.4. The van der Waals surface area contributed by atoms with Gasteiger partial charge in [-0.25, -0.2) is 9.97 Å². The Balaban J connectivity index is 2.84. The number of imidazole rings is 1. The zero-order chi connectivity index (χ0) is 10.3. The van der Waals surface area contributed by atoms with Crippen molar-refractivity contribution in [1.29, 1.82) is 5.41 Å². The second kappa shape index (κ2) is 2.94. The van der Waals surface area contributed by atoms with Crippen LogP contribution in [0.3, 0.4) is 0 Å². The number of aryl methyl sites for hydroxylation is 1. The molecule has 0 saturated carbocycles. The molecule has 2 aromatic heterocycles. The predicted molar refractivity (Wildman–Crippen MR) is 52.7 cm³/mol. The SMILES string of the molecule is CC(C)n1cnc2c(=N)n(C)cnc21. The van der Waals surface area contributed by atoms with Crippen LogP contribution in [-0.4, -0.2) is 19.1 Å². The van der Waals surface area contributed by atoms with E-state index < -0.39 is 0 Å². The first-order valence-corrected chi connectivity index (χ1v) is 4.54. The average Bonchev–Trinajstić information content (AvgIpc) is 2.55. The Morgan fingerprint density at radius 1 is 1.29 bits per heavy atom. The van der Waals surface area contributed by atoms with Crippen LogP contribution in [0, 0.1) is 5.41 Å². The molecule has 0 radical (unpaired) electrons. The molecule has 0 bridgehead atoms. The van der Waals surface area contributed by atoms with Gasteiger partial charge in [-0.2, -0.15) is 0 Å². The lowest BCUT2D eigenvalue weighted by molar-refractivity contribution is 0.611. The molecule has 14 heavy (non-hydrogen) atoms. The van der Waals surface area contributed by atoms with Crippen LogP contribution < -0.4 is 5.49 Å². The van der Waals surface area contributed by atoms with Gasteiger partial charge in [0, 0.05) is 13.1 Å². The Bertz CT molecular complexity index is 519. The van der Waals surface area contributed by atoms with E-state index in [1.165, 1.54) is 0 Å². The van der Waals surface area contributed by atoms with Crippen LogP contribution in [0.4, 0.5) is 0 Å². The van der Waals surface area contributed by atoms with Crippen molar-refractivity contribution in [2.45, 2.75) is 19.9 Å². The summed E-state index contributed by atoms with van der Waals surface area (Å²) in [7, 11) is 1.79. The Labute approximate surface area is 81.5 Å². The number of aromatic nitrogens is 4. The molecule has 0 aliphatic rings. The van der Waals surface area contributed by atoms with Gasteiger partial charge in [0.05, 0.1) is 12.7 Å². The second-order valence-corrected chi connectivity index (χ2v) is 3.62. The van der Waals surface area contributed by atoms with Crippen molar-refractivity contribution in [3.05, 3.63) is 18.1 Å². The number of hydrogen-bond acceptors (Lipinski definition) is 3. The van der Waals surface area contributed by atoms with Gasteiger partial charge in [-0.1, -0.05) is 0 Å². The lowest BCUT2D eigenvalue weighted by atomic mass is 10.4. The van der Waals surface area contributed by atoms with E-state index in [2.05, 4.69) is 23.8 Å². The first kappa shape index (κ1) is 8.93. The Morgan fingerprint density at radius 3 is 2.64 bits per heavy atom. The highest BCUT2D eigenvalue weighted by Crippen LogP contribution is 2.11. The smallest absolute Gasteiger partial charge is 0.165 e. The van der Waals surface area contributed by atoms with Crippen molar-refractivity contribution in [3.8, 4) is 0 Å². The molecule has 1 N–H and O–H groups in total. The zero-order valence-corrected chi connectivity index (χ0v) is 8.52. The highest BCUT2D eigenvalue weighted by molar-refractivity contribution is 5.68. The van der Waals surface area contributed by atoms with Gasteiger partial charge in [-0.05, 0) is 13.8 Å². The summed E-state index contributed by atoms with van der Waals surface area (Å²) in [5.41, 5.74) is 1.83. The van der Waals surface area contributed by atoms with E-state index >= 15 is 0 Å². The fourth-order valence-electron chi connectivity index (χ4n) is 1.39. The highest BCUT2D eigenvalue weighted by Gasteiger charge is 2.08. The molecule has 0 spiro atoms. The van der Waals surface area contributed by atoms with Crippen molar-refractivity contribution in [1.82, 2.24) is 19.1 Å². The van der Waals surface area contributed by atoms with Crippen LogP contribution in [0.15, 0.2) is 12.7 Å². The molecular weight excluding hydrogens is 178 g/mol. The molecule has 0 amide bonds. The van der Waals surface area contributed by atoms with Crippen LogP contribution in [0.5, 0.6) is 0 Å². The zero-order valence-electron chi connectivity index (χ0n) is 8.52. The maximum atomic E-state index is 7.79. The van der Waals surface area contributed by atoms with Crippen LogP contribution >= 0.6 is 0 Å². The van der Waals surface area contributed by atoms with Crippen LogP contribution in [-0.2, 0) is 7.05 Å².